The molecular weight excluding hydrogens is 256 g/mol. The van der Waals surface area contributed by atoms with Gasteiger partial charge < -0.3 is 10.1 Å². The monoisotopic (exact) mass is 284 g/mol. The van der Waals surface area contributed by atoms with Gasteiger partial charge >= 0.3 is 0 Å². The van der Waals surface area contributed by atoms with Crippen LogP contribution in [0.15, 0.2) is 0 Å². The van der Waals surface area contributed by atoms with Crippen LogP contribution in [0.4, 0.5) is 0 Å². The summed E-state index contributed by atoms with van der Waals surface area (Å²) in [6, 6.07) is 0.489. The first-order chi connectivity index (χ1) is 8.75. The van der Waals surface area contributed by atoms with E-state index in [9.17, 15) is 0 Å². The van der Waals surface area contributed by atoms with Crippen LogP contribution < -0.4 is 5.32 Å². The number of hydrogen-bond donors (Lipinski definition) is 1. The Labute approximate surface area is 121 Å². The van der Waals surface area contributed by atoms with Gasteiger partial charge in [-0.25, -0.2) is 4.98 Å². The van der Waals surface area contributed by atoms with Gasteiger partial charge in [0.05, 0.1) is 5.69 Å². The standard InChI is InChI=1S/C15H28N2OS/c1-8-18-11(4)14-17-13(15(5,6)7)12(19-14)9-16-10(2)3/h10-11,16H,8-9H2,1-7H3. The Kier molecular flexibility index (Phi) is 5.96. The lowest BCUT2D eigenvalue weighted by atomic mass is 9.91. The SMILES string of the molecule is CCOC(C)c1nc(C(C)(C)C)c(CNC(C)C)s1. The first-order valence-corrected chi connectivity index (χ1v) is 7.92. The molecule has 1 aromatic rings. The Morgan fingerprint density at radius 3 is 2.37 bits per heavy atom. The number of hydrogen-bond acceptors (Lipinski definition) is 4. The van der Waals surface area contributed by atoms with Gasteiger partial charge in [-0.1, -0.05) is 34.6 Å². The van der Waals surface area contributed by atoms with Crippen LogP contribution in [-0.2, 0) is 16.7 Å². The van der Waals surface area contributed by atoms with E-state index < -0.39 is 0 Å². The molecule has 0 amide bonds. The summed E-state index contributed by atoms with van der Waals surface area (Å²) in [7, 11) is 0. The molecule has 0 aliphatic rings. The number of rotatable bonds is 6. The second-order valence-electron chi connectivity index (χ2n) is 6.21. The van der Waals surface area contributed by atoms with Crippen molar-refractivity contribution < 1.29 is 4.74 Å². The van der Waals surface area contributed by atoms with E-state index in [2.05, 4.69) is 46.9 Å². The molecule has 0 spiro atoms. The van der Waals surface area contributed by atoms with E-state index in [1.54, 1.807) is 11.3 Å². The highest BCUT2D eigenvalue weighted by atomic mass is 32.1. The number of nitrogens with zero attached hydrogens (tertiary/aromatic N) is 1. The van der Waals surface area contributed by atoms with Gasteiger partial charge in [-0.2, -0.15) is 0 Å². The predicted octanol–water partition coefficient (Wildman–Crippen LogP) is 4.04. The molecule has 3 nitrogen and oxygen atoms in total. The second-order valence-corrected chi connectivity index (χ2v) is 7.32. The molecular formula is C15H28N2OS. The molecule has 1 N–H and O–H groups in total. The van der Waals surface area contributed by atoms with Crippen molar-refractivity contribution >= 4 is 11.3 Å². The van der Waals surface area contributed by atoms with Crippen molar-refractivity contribution in [3.05, 3.63) is 15.6 Å². The summed E-state index contributed by atoms with van der Waals surface area (Å²) in [5.74, 6) is 0. The lowest BCUT2D eigenvalue weighted by Crippen LogP contribution is -2.23. The fourth-order valence-electron chi connectivity index (χ4n) is 1.87. The van der Waals surface area contributed by atoms with Gasteiger partial charge in [0, 0.05) is 29.5 Å². The second kappa shape index (κ2) is 6.82. The third kappa shape index (κ3) is 4.86. The lowest BCUT2D eigenvalue weighted by molar-refractivity contribution is 0.0760. The Bertz CT molecular complexity index is 393. The van der Waals surface area contributed by atoms with Crippen molar-refractivity contribution in [1.29, 1.82) is 0 Å². The fourth-order valence-corrected chi connectivity index (χ4v) is 3.10. The van der Waals surface area contributed by atoms with Crippen molar-refractivity contribution in [2.24, 2.45) is 0 Å². The van der Waals surface area contributed by atoms with Gasteiger partial charge in [0.15, 0.2) is 0 Å². The van der Waals surface area contributed by atoms with E-state index in [-0.39, 0.29) is 11.5 Å². The van der Waals surface area contributed by atoms with E-state index >= 15 is 0 Å². The van der Waals surface area contributed by atoms with Crippen LogP contribution in [0.25, 0.3) is 0 Å². The van der Waals surface area contributed by atoms with E-state index in [1.807, 2.05) is 6.92 Å². The molecule has 0 radical (unpaired) electrons. The summed E-state index contributed by atoms with van der Waals surface area (Å²) < 4.78 is 5.66. The maximum Gasteiger partial charge on any atom is 0.122 e. The summed E-state index contributed by atoms with van der Waals surface area (Å²) in [6.07, 6.45) is 0.0869. The molecule has 0 fully saturated rings. The van der Waals surface area contributed by atoms with E-state index in [4.69, 9.17) is 9.72 Å². The number of aromatic nitrogens is 1. The molecule has 0 aromatic carbocycles. The fraction of sp³-hybridized carbons (Fsp3) is 0.800. The highest BCUT2D eigenvalue weighted by Crippen LogP contribution is 2.33. The lowest BCUT2D eigenvalue weighted by Gasteiger charge is -2.18. The van der Waals surface area contributed by atoms with Crippen LogP contribution in [0.1, 0.15) is 70.1 Å². The van der Waals surface area contributed by atoms with Gasteiger partial charge in [0.2, 0.25) is 0 Å². The predicted molar refractivity (Wildman–Crippen MR) is 82.8 cm³/mol. The normalized spacial score (nSPS) is 14.1. The van der Waals surface area contributed by atoms with Crippen molar-refractivity contribution in [1.82, 2.24) is 10.3 Å². The Morgan fingerprint density at radius 1 is 1.26 bits per heavy atom. The molecule has 4 heteroatoms. The molecule has 1 unspecified atom stereocenters. The average molecular weight is 284 g/mol. The molecule has 1 heterocycles. The topological polar surface area (TPSA) is 34.1 Å². The van der Waals surface area contributed by atoms with Crippen LogP contribution in [0.5, 0.6) is 0 Å². The smallest absolute Gasteiger partial charge is 0.122 e. The zero-order valence-electron chi connectivity index (χ0n) is 13.3. The molecule has 0 bridgehead atoms. The summed E-state index contributed by atoms with van der Waals surface area (Å²) in [6.45, 7) is 16.7. The number of nitrogens with one attached hydrogen (secondary N) is 1. The number of ether oxygens (including phenoxy) is 1. The Balaban J connectivity index is 2.99. The minimum absolute atomic E-state index is 0.0781. The number of thiazole rings is 1. The average Bonchev–Trinajstić information content (AvgIpc) is 2.70. The molecule has 1 aromatic heterocycles. The summed E-state index contributed by atoms with van der Waals surface area (Å²) in [5.41, 5.74) is 1.28. The van der Waals surface area contributed by atoms with Crippen LogP contribution in [0.2, 0.25) is 0 Å². The molecule has 0 aliphatic heterocycles. The molecule has 0 saturated heterocycles. The Hall–Kier alpha value is -0.450. The molecule has 1 atom stereocenters. The molecule has 0 aliphatic carbocycles. The van der Waals surface area contributed by atoms with Crippen molar-refractivity contribution in [2.75, 3.05) is 6.61 Å². The molecule has 19 heavy (non-hydrogen) atoms. The minimum Gasteiger partial charge on any atom is -0.372 e. The summed E-state index contributed by atoms with van der Waals surface area (Å²) in [4.78, 5) is 6.17. The van der Waals surface area contributed by atoms with Gasteiger partial charge in [0.1, 0.15) is 11.1 Å². The highest BCUT2D eigenvalue weighted by Gasteiger charge is 2.24. The quantitative estimate of drug-likeness (QED) is 0.856. The third-order valence-electron chi connectivity index (χ3n) is 2.86. The maximum atomic E-state index is 5.66. The van der Waals surface area contributed by atoms with Crippen LogP contribution >= 0.6 is 11.3 Å². The van der Waals surface area contributed by atoms with E-state index in [0.29, 0.717) is 6.04 Å². The van der Waals surface area contributed by atoms with Crippen LogP contribution in [-0.4, -0.2) is 17.6 Å². The highest BCUT2D eigenvalue weighted by molar-refractivity contribution is 7.11. The van der Waals surface area contributed by atoms with E-state index in [1.165, 1.54) is 10.6 Å². The van der Waals surface area contributed by atoms with Gasteiger partial charge in [-0.3, -0.25) is 0 Å². The largest absolute Gasteiger partial charge is 0.372 e. The minimum atomic E-state index is 0.0781. The first-order valence-electron chi connectivity index (χ1n) is 7.10. The van der Waals surface area contributed by atoms with Gasteiger partial charge in [0.25, 0.3) is 0 Å². The summed E-state index contributed by atoms with van der Waals surface area (Å²) >= 11 is 1.78. The first kappa shape index (κ1) is 16.6. The summed E-state index contributed by atoms with van der Waals surface area (Å²) in [5, 5.41) is 4.58. The van der Waals surface area contributed by atoms with Crippen molar-refractivity contribution in [3.8, 4) is 0 Å². The molecule has 0 saturated carbocycles. The van der Waals surface area contributed by atoms with Crippen LogP contribution in [0.3, 0.4) is 0 Å². The van der Waals surface area contributed by atoms with Crippen molar-refractivity contribution in [3.63, 3.8) is 0 Å². The zero-order valence-corrected chi connectivity index (χ0v) is 14.1. The van der Waals surface area contributed by atoms with Crippen molar-refractivity contribution in [2.45, 2.75) is 72.6 Å². The zero-order chi connectivity index (χ0) is 14.6. The Morgan fingerprint density at radius 2 is 1.89 bits per heavy atom. The third-order valence-corrected chi connectivity index (χ3v) is 4.08. The van der Waals surface area contributed by atoms with Crippen LogP contribution in [0, 0.1) is 0 Å². The van der Waals surface area contributed by atoms with E-state index in [0.717, 1.165) is 18.2 Å². The molecule has 1 rings (SSSR count). The molecule has 110 valence electrons. The van der Waals surface area contributed by atoms with Gasteiger partial charge in [-0.05, 0) is 13.8 Å². The van der Waals surface area contributed by atoms with Gasteiger partial charge in [-0.15, -0.1) is 11.3 Å². The maximum absolute atomic E-state index is 5.66.